The quantitative estimate of drug-likeness (QED) is 0.697. The molecule has 0 N–H and O–H groups in total. The molecule has 3 rings (SSSR count). The van der Waals surface area contributed by atoms with Crippen LogP contribution in [0.2, 0.25) is 0 Å². The highest BCUT2D eigenvalue weighted by Crippen LogP contribution is 2.36. The van der Waals surface area contributed by atoms with Gasteiger partial charge >= 0.3 is 0 Å². The monoisotopic (exact) mass is 356 g/mol. The number of rotatable bonds is 5. The van der Waals surface area contributed by atoms with Gasteiger partial charge in [0.05, 0.1) is 19.1 Å². The zero-order valence-corrected chi connectivity index (χ0v) is 15.3. The highest BCUT2D eigenvalue weighted by molar-refractivity contribution is 7.90. The predicted molar refractivity (Wildman–Crippen MR) is 99.4 cm³/mol. The maximum atomic E-state index is 11.6. The van der Waals surface area contributed by atoms with E-state index in [1.165, 1.54) is 6.26 Å². The van der Waals surface area contributed by atoms with Gasteiger partial charge in [0, 0.05) is 17.0 Å². The topological polar surface area (TPSA) is 52.6 Å². The SMILES string of the molecule is COc1ccc(Cc2ccc(S(C)(=O)=O)cc2)c2c(OC)cccc12. The van der Waals surface area contributed by atoms with Gasteiger partial charge in [0.25, 0.3) is 0 Å². The Kier molecular flexibility index (Phi) is 4.68. The first-order valence-corrected chi connectivity index (χ1v) is 9.75. The molecular weight excluding hydrogens is 336 g/mol. The van der Waals surface area contributed by atoms with Crippen molar-refractivity contribution in [1.29, 1.82) is 0 Å². The lowest BCUT2D eigenvalue weighted by molar-refractivity contribution is 0.415. The van der Waals surface area contributed by atoms with Gasteiger partial charge in [-0.25, -0.2) is 8.42 Å². The molecule has 0 aromatic heterocycles. The smallest absolute Gasteiger partial charge is 0.175 e. The van der Waals surface area contributed by atoms with Crippen LogP contribution in [0.3, 0.4) is 0 Å². The first kappa shape index (κ1) is 17.3. The minimum atomic E-state index is -3.18. The van der Waals surface area contributed by atoms with Gasteiger partial charge in [-0.05, 0) is 41.8 Å². The van der Waals surface area contributed by atoms with Crippen LogP contribution in [0.1, 0.15) is 11.1 Å². The van der Waals surface area contributed by atoms with Crippen LogP contribution in [-0.4, -0.2) is 28.9 Å². The molecule has 0 aliphatic carbocycles. The van der Waals surface area contributed by atoms with Gasteiger partial charge in [0.15, 0.2) is 9.84 Å². The number of sulfone groups is 1. The van der Waals surface area contributed by atoms with Crippen LogP contribution < -0.4 is 9.47 Å². The number of hydrogen-bond donors (Lipinski definition) is 0. The van der Waals surface area contributed by atoms with Crippen LogP contribution in [0.4, 0.5) is 0 Å². The van der Waals surface area contributed by atoms with Gasteiger partial charge in [-0.2, -0.15) is 0 Å². The van der Waals surface area contributed by atoms with Crippen LogP contribution in [-0.2, 0) is 16.3 Å². The summed E-state index contributed by atoms with van der Waals surface area (Å²) >= 11 is 0. The summed E-state index contributed by atoms with van der Waals surface area (Å²) in [5, 5.41) is 2.00. The fraction of sp³-hybridized carbons (Fsp3) is 0.200. The average molecular weight is 356 g/mol. The Hall–Kier alpha value is -2.53. The van der Waals surface area contributed by atoms with Crippen molar-refractivity contribution in [2.24, 2.45) is 0 Å². The molecule has 0 saturated heterocycles. The highest BCUT2D eigenvalue weighted by atomic mass is 32.2. The second kappa shape index (κ2) is 6.76. The van der Waals surface area contributed by atoms with Crippen molar-refractivity contribution in [3.8, 4) is 11.5 Å². The summed E-state index contributed by atoms with van der Waals surface area (Å²) < 4.78 is 34.2. The van der Waals surface area contributed by atoms with Crippen molar-refractivity contribution in [1.82, 2.24) is 0 Å². The molecule has 0 spiro atoms. The zero-order chi connectivity index (χ0) is 18.0. The van der Waals surface area contributed by atoms with E-state index in [1.807, 2.05) is 42.5 Å². The highest BCUT2D eigenvalue weighted by Gasteiger charge is 2.12. The molecule has 0 heterocycles. The van der Waals surface area contributed by atoms with Crippen molar-refractivity contribution in [2.75, 3.05) is 20.5 Å². The Balaban J connectivity index is 2.07. The molecule has 3 aromatic carbocycles. The average Bonchev–Trinajstić information content (AvgIpc) is 2.61. The Bertz CT molecular complexity index is 1010. The van der Waals surface area contributed by atoms with E-state index < -0.39 is 9.84 Å². The first-order chi connectivity index (χ1) is 11.9. The summed E-state index contributed by atoms with van der Waals surface area (Å²) in [7, 11) is 0.119. The Morgan fingerprint density at radius 2 is 1.52 bits per heavy atom. The summed E-state index contributed by atoms with van der Waals surface area (Å²) in [5.74, 6) is 1.59. The molecule has 0 atom stereocenters. The molecule has 25 heavy (non-hydrogen) atoms. The van der Waals surface area contributed by atoms with E-state index >= 15 is 0 Å². The fourth-order valence-corrected chi connectivity index (χ4v) is 3.62. The molecule has 130 valence electrons. The maximum Gasteiger partial charge on any atom is 0.175 e. The van der Waals surface area contributed by atoms with E-state index in [0.29, 0.717) is 11.3 Å². The molecule has 0 aliphatic rings. The molecule has 0 fully saturated rings. The normalized spacial score (nSPS) is 11.5. The minimum absolute atomic E-state index is 0.327. The number of benzene rings is 3. The lowest BCUT2D eigenvalue weighted by Gasteiger charge is -2.14. The molecule has 0 aliphatic heterocycles. The minimum Gasteiger partial charge on any atom is -0.496 e. The second-order valence-electron chi connectivity index (χ2n) is 5.90. The van der Waals surface area contributed by atoms with E-state index in [0.717, 1.165) is 33.4 Å². The third kappa shape index (κ3) is 3.46. The van der Waals surface area contributed by atoms with E-state index in [-0.39, 0.29) is 0 Å². The number of hydrogen-bond acceptors (Lipinski definition) is 4. The first-order valence-electron chi connectivity index (χ1n) is 7.85. The summed E-state index contributed by atoms with van der Waals surface area (Å²) in [5.41, 5.74) is 2.13. The number of ether oxygens (including phenoxy) is 2. The van der Waals surface area contributed by atoms with Crippen molar-refractivity contribution >= 4 is 20.6 Å². The Labute approximate surface area is 147 Å². The molecular formula is C20H20O4S. The largest absolute Gasteiger partial charge is 0.496 e. The van der Waals surface area contributed by atoms with Crippen LogP contribution in [0, 0.1) is 0 Å². The third-order valence-corrected chi connectivity index (χ3v) is 5.36. The van der Waals surface area contributed by atoms with Crippen LogP contribution in [0.15, 0.2) is 59.5 Å². The van der Waals surface area contributed by atoms with E-state index in [1.54, 1.807) is 26.4 Å². The van der Waals surface area contributed by atoms with Crippen LogP contribution in [0.25, 0.3) is 10.8 Å². The summed E-state index contributed by atoms with van der Waals surface area (Å²) in [6.07, 6.45) is 1.88. The van der Waals surface area contributed by atoms with Gasteiger partial charge in [-0.3, -0.25) is 0 Å². The lowest BCUT2D eigenvalue weighted by Crippen LogP contribution is -1.98. The van der Waals surface area contributed by atoms with Gasteiger partial charge in [-0.1, -0.05) is 30.3 Å². The Morgan fingerprint density at radius 3 is 2.12 bits per heavy atom. The summed E-state index contributed by atoms with van der Waals surface area (Å²) in [6.45, 7) is 0. The Morgan fingerprint density at radius 1 is 0.840 bits per heavy atom. The fourth-order valence-electron chi connectivity index (χ4n) is 2.99. The third-order valence-electron chi connectivity index (χ3n) is 4.23. The van der Waals surface area contributed by atoms with E-state index in [4.69, 9.17) is 9.47 Å². The van der Waals surface area contributed by atoms with Crippen molar-refractivity contribution < 1.29 is 17.9 Å². The van der Waals surface area contributed by atoms with Crippen molar-refractivity contribution in [2.45, 2.75) is 11.3 Å². The maximum absolute atomic E-state index is 11.6. The van der Waals surface area contributed by atoms with E-state index in [9.17, 15) is 8.42 Å². The molecule has 4 nitrogen and oxygen atoms in total. The number of methoxy groups -OCH3 is 2. The standard InChI is InChI=1S/C20H20O4S/c1-23-18-12-9-15(20-17(18)5-4-6-19(20)24-2)13-14-7-10-16(11-8-14)25(3,21)22/h4-12H,13H2,1-3H3. The van der Waals surface area contributed by atoms with Gasteiger partial charge in [0.2, 0.25) is 0 Å². The van der Waals surface area contributed by atoms with Gasteiger partial charge < -0.3 is 9.47 Å². The van der Waals surface area contributed by atoms with Crippen molar-refractivity contribution in [3.05, 3.63) is 65.7 Å². The predicted octanol–water partition coefficient (Wildman–Crippen LogP) is 3.85. The van der Waals surface area contributed by atoms with Crippen LogP contribution in [0.5, 0.6) is 11.5 Å². The second-order valence-corrected chi connectivity index (χ2v) is 7.92. The van der Waals surface area contributed by atoms with Crippen molar-refractivity contribution in [3.63, 3.8) is 0 Å². The molecule has 0 radical (unpaired) electrons. The summed E-state index contributed by atoms with van der Waals surface area (Å²) in [4.78, 5) is 0.327. The van der Waals surface area contributed by atoms with Gasteiger partial charge in [0.1, 0.15) is 11.5 Å². The van der Waals surface area contributed by atoms with Crippen LogP contribution >= 0.6 is 0 Å². The lowest BCUT2D eigenvalue weighted by atomic mass is 9.97. The van der Waals surface area contributed by atoms with E-state index in [2.05, 4.69) is 0 Å². The molecule has 3 aromatic rings. The molecule has 5 heteroatoms. The molecule has 0 saturated carbocycles. The summed E-state index contributed by atoms with van der Waals surface area (Å²) in [6, 6.07) is 16.8. The zero-order valence-electron chi connectivity index (χ0n) is 14.4. The van der Waals surface area contributed by atoms with Gasteiger partial charge in [-0.15, -0.1) is 0 Å². The molecule has 0 bridgehead atoms. The number of fused-ring (bicyclic) bond motifs is 1. The molecule has 0 amide bonds. The molecule has 0 unspecified atom stereocenters.